The van der Waals surface area contributed by atoms with Gasteiger partial charge < -0.3 is 0 Å². The average Bonchev–Trinajstić information content (AvgIpc) is 1.86. The summed E-state index contributed by atoms with van der Waals surface area (Å²) in [6.45, 7) is 0. The van der Waals surface area contributed by atoms with E-state index in [9.17, 15) is 4.79 Å². The van der Waals surface area contributed by atoms with Gasteiger partial charge in [0.25, 0.3) is 6.20 Å². The molecule has 0 saturated heterocycles. The number of H-pyrrole nitrogens is 2. The van der Waals surface area contributed by atoms with Crippen molar-refractivity contribution in [3.05, 3.63) is 16.6 Å². The molecule has 0 saturated carbocycles. The van der Waals surface area contributed by atoms with Crippen molar-refractivity contribution in [3.63, 3.8) is 0 Å². The molecule has 1 heterocycles. The molecule has 6 heavy (non-hydrogen) atoms. The molecule has 0 aromatic carbocycles. The number of aromatic amines is 2. The lowest BCUT2D eigenvalue weighted by Crippen LogP contribution is -1.99. The third-order valence-corrected chi connectivity index (χ3v) is 0.401. The normalized spacial score (nSPS) is 8.67. The zero-order chi connectivity index (χ0) is 4.41. The Balaban J connectivity index is 3.41. The van der Waals surface area contributed by atoms with E-state index < -0.39 is 5.63 Å². The molecule has 4 heteroatoms. The van der Waals surface area contributed by atoms with Crippen molar-refractivity contribution in [2.45, 2.75) is 0 Å². The van der Waals surface area contributed by atoms with Gasteiger partial charge in [-0.25, -0.2) is 4.79 Å². The number of rotatable bonds is 0. The first-order valence-corrected chi connectivity index (χ1v) is 1.44. The maximum atomic E-state index is 9.84. The zero-order valence-electron chi connectivity index (χ0n) is 2.89. The topological polar surface area (TPSA) is 60.1 Å². The van der Waals surface area contributed by atoms with Crippen molar-refractivity contribution in [1.82, 2.24) is 5.27 Å². The standard InChI is InChI=1S/C2H2N2O2/c5-2-1-3-4-6-2/h1,4H/p+1. The average molecular weight is 87.1 g/mol. The Hall–Kier alpha value is -1.06. The fraction of sp³-hybridized carbons (Fsp3) is 0. The quantitative estimate of drug-likeness (QED) is 0.431. The summed E-state index contributed by atoms with van der Waals surface area (Å²) in [7, 11) is 0. The zero-order valence-corrected chi connectivity index (χ0v) is 2.89. The minimum atomic E-state index is -0.394. The van der Waals surface area contributed by atoms with Gasteiger partial charge in [0.05, 0.1) is 0 Å². The molecule has 0 bridgehead atoms. The van der Waals surface area contributed by atoms with Gasteiger partial charge >= 0.3 is 5.63 Å². The number of nitrogens with one attached hydrogen (secondary N) is 2. The van der Waals surface area contributed by atoms with Crippen LogP contribution >= 0.6 is 0 Å². The fourth-order valence-corrected chi connectivity index (χ4v) is 0.198. The molecule has 0 aliphatic heterocycles. The van der Waals surface area contributed by atoms with E-state index in [1.165, 1.54) is 6.20 Å². The van der Waals surface area contributed by atoms with Crippen molar-refractivity contribution < 1.29 is 9.62 Å². The predicted octanol–water partition coefficient (Wildman–Crippen LogP) is -1.22. The molecular weight excluding hydrogens is 84.0 g/mol. The highest BCUT2D eigenvalue weighted by molar-refractivity contribution is 4.46. The lowest BCUT2D eigenvalue weighted by molar-refractivity contribution is -0.471. The predicted molar refractivity (Wildman–Crippen MR) is 15.9 cm³/mol. The molecule has 0 aliphatic carbocycles. The Kier molecular flexibility index (Phi) is 0.506. The van der Waals surface area contributed by atoms with Gasteiger partial charge in [-0.1, -0.05) is 5.10 Å². The van der Waals surface area contributed by atoms with Gasteiger partial charge in [0.2, 0.25) is 0 Å². The van der Waals surface area contributed by atoms with Crippen LogP contribution < -0.4 is 10.7 Å². The van der Waals surface area contributed by atoms with Crippen LogP contribution in [0.2, 0.25) is 0 Å². The van der Waals surface area contributed by atoms with E-state index in [4.69, 9.17) is 0 Å². The van der Waals surface area contributed by atoms with Crippen molar-refractivity contribution in [2.24, 2.45) is 0 Å². The molecule has 1 rings (SSSR count). The number of hydrogen-bond donors (Lipinski definition) is 1. The molecule has 0 spiro atoms. The largest absolute Gasteiger partial charge is 0.426 e. The van der Waals surface area contributed by atoms with Crippen LogP contribution in [0.4, 0.5) is 0 Å². The molecule has 32 valence electrons. The molecule has 4 nitrogen and oxygen atoms in total. The molecule has 0 fully saturated rings. The molecule has 2 N–H and O–H groups in total. The van der Waals surface area contributed by atoms with Gasteiger partial charge in [-0.15, -0.1) is 0 Å². The van der Waals surface area contributed by atoms with Crippen molar-refractivity contribution in [2.75, 3.05) is 0 Å². The Morgan fingerprint density at radius 2 is 2.83 bits per heavy atom. The lowest BCUT2D eigenvalue weighted by atomic mass is 11.0. The Morgan fingerprint density at radius 3 is 3.00 bits per heavy atom. The van der Waals surface area contributed by atoms with Crippen molar-refractivity contribution >= 4 is 0 Å². The van der Waals surface area contributed by atoms with E-state index in [1.807, 2.05) is 0 Å². The third kappa shape index (κ3) is 0.314. The second kappa shape index (κ2) is 0.965. The van der Waals surface area contributed by atoms with E-state index in [2.05, 4.69) is 14.9 Å². The van der Waals surface area contributed by atoms with Crippen molar-refractivity contribution in [3.8, 4) is 0 Å². The van der Waals surface area contributed by atoms with E-state index in [1.54, 1.807) is 0 Å². The summed E-state index contributed by atoms with van der Waals surface area (Å²) < 4.78 is 4.10. The second-order valence-electron chi connectivity index (χ2n) is 0.812. The summed E-state index contributed by atoms with van der Waals surface area (Å²) in [6, 6.07) is 0. The van der Waals surface area contributed by atoms with Crippen LogP contribution in [0.15, 0.2) is 15.5 Å². The molecule has 0 atom stereocenters. The maximum Gasteiger partial charge on any atom is 0.426 e. The smallest absolute Gasteiger partial charge is 0.284 e. The maximum absolute atomic E-state index is 9.84. The number of hydrogen-bond acceptors (Lipinski definition) is 2. The summed E-state index contributed by atoms with van der Waals surface area (Å²) in [5, 5.41) is 4.44. The molecule has 0 aliphatic rings. The summed E-state index contributed by atoms with van der Waals surface area (Å²) in [6.07, 6.45) is 1.18. The highest BCUT2D eigenvalue weighted by atomic mass is 16.5. The van der Waals surface area contributed by atoms with Crippen LogP contribution in [0.3, 0.4) is 0 Å². The fourth-order valence-electron chi connectivity index (χ4n) is 0.198. The van der Waals surface area contributed by atoms with E-state index in [0.717, 1.165) is 0 Å². The lowest BCUT2D eigenvalue weighted by Gasteiger charge is -1.45. The first kappa shape index (κ1) is 3.14. The Labute approximate surface area is 32.7 Å². The van der Waals surface area contributed by atoms with E-state index in [0.29, 0.717) is 0 Å². The van der Waals surface area contributed by atoms with Gasteiger partial charge in [-0.05, 0) is 5.27 Å². The summed E-state index contributed by atoms with van der Waals surface area (Å²) in [5.74, 6) is 0. The monoisotopic (exact) mass is 87.0 g/mol. The van der Waals surface area contributed by atoms with Gasteiger partial charge in [0.1, 0.15) is 0 Å². The Bertz CT molecular complexity index is 147. The minimum absolute atomic E-state index is 0.394. The second-order valence-corrected chi connectivity index (χ2v) is 0.812. The SMILES string of the molecule is O=c1c[nH+][nH]o1. The summed E-state index contributed by atoms with van der Waals surface area (Å²) in [4.78, 5) is 9.84. The summed E-state index contributed by atoms with van der Waals surface area (Å²) in [5.41, 5.74) is -0.394. The van der Waals surface area contributed by atoms with E-state index in [-0.39, 0.29) is 0 Å². The van der Waals surface area contributed by atoms with Crippen LogP contribution in [0, 0.1) is 0 Å². The minimum Gasteiger partial charge on any atom is -0.284 e. The highest BCUT2D eigenvalue weighted by Gasteiger charge is 1.83. The van der Waals surface area contributed by atoms with Crippen LogP contribution in [0.1, 0.15) is 0 Å². The van der Waals surface area contributed by atoms with Crippen LogP contribution in [-0.4, -0.2) is 5.27 Å². The molecule has 0 amide bonds. The van der Waals surface area contributed by atoms with Gasteiger partial charge in [-0.2, -0.15) is 0 Å². The molecule has 1 aromatic rings. The van der Waals surface area contributed by atoms with Crippen LogP contribution in [0.5, 0.6) is 0 Å². The van der Waals surface area contributed by atoms with Crippen LogP contribution in [-0.2, 0) is 0 Å². The highest BCUT2D eigenvalue weighted by Crippen LogP contribution is 1.42. The van der Waals surface area contributed by atoms with Crippen molar-refractivity contribution in [1.29, 1.82) is 0 Å². The molecule has 0 radical (unpaired) electrons. The summed E-state index contributed by atoms with van der Waals surface area (Å²) >= 11 is 0. The molecule has 1 aromatic heterocycles. The molecular formula is C2H3N2O2+. The number of aromatic nitrogens is 2. The first-order chi connectivity index (χ1) is 2.89. The van der Waals surface area contributed by atoms with Crippen LogP contribution in [0.25, 0.3) is 0 Å². The third-order valence-electron chi connectivity index (χ3n) is 0.401. The first-order valence-electron chi connectivity index (χ1n) is 1.44. The Morgan fingerprint density at radius 1 is 2.00 bits per heavy atom. The van der Waals surface area contributed by atoms with E-state index >= 15 is 0 Å². The van der Waals surface area contributed by atoms with Gasteiger partial charge in [-0.3, -0.25) is 4.52 Å². The molecule has 0 unspecified atom stereocenters. The van der Waals surface area contributed by atoms with Gasteiger partial charge in [0.15, 0.2) is 0 Å². The van der Waals surface area contributed by atoms with Gasteiger partial charge in [0, 0.05) is 0 Å².